The van der Waals surface area contributed by atoms with Crippen molar-refractivity contribution in [2.24, 2.45) is 5.73 Å². The van der Waals surface area contributed by atoms with Crippen LogP contribution in [0.5, 0.6) is 0 Å². The molecule has 6 nitrogen and oxygen atoms in total. The van der Waals surface area contributed by atoms with Crippen molar-refractivity contribution in [1.29, 1.82) is 5.26 Å². The van der Waals surface area contributed by atoms with Crippen LogP contribution >= 0.6 is 11.6 Å². The van der Waals surface area contributed by atoms with E-state index in [2.05, 4.69) is 23.1 Å². The molecule has 36 heavy (non-hydrogen) atoms. The van der Waals surface area contributed by atoms with E-state index in [-0.39, 0.29) is 42.7 Å². The summed E-state index contributed by atoms with van der Waals surface area (Å²) in [5.74, 6) is -0.116. The molecule has 0 saturated carbocycles. The summed E-state index contributed by atoms with van der Waals surface area (Å²) < 4.78 is 0. The van der Waals surface area contributed by atoms with Crippen LogP contribution in [0.2, 0.25) is 5.02 Å². The number of fused-ring (bicyclic) bond motifs is 1. The minimum atomic E-state index is -0.720. The maximum absolute atomic E-state index is 13.7. The lowest BCUT2D eigenvalue weighted by molar-refractivity contribution is -0.142. The molecule has 0 aromatic heterocycles. The predicted octanol–water partition coefficient (Wildman–Crippen LogP) is 4.07. The lowest BCUT2D eigenvalue weighted by atomic mass is 9.98. The Bertz CT molecular complexity index is 1120. The first kappa shape index (κ1) is 26.3. The number of halogens is 1. The third-order valence-electron chi connectivity index (χ3n) is 7.64. The number of carbonyl (C=O) groups is 2. The van der Waals surface area contributed by atoms with Gasteiger partial charge in [0.25, 0.3) is 0 Å². The SMILES string of the molecule is Cc1cc(CCC(=O)[C@@H](CC#N)N2CCC(CCc3ccccc3)N3C[C@H](N)C[C@H]3C2=O)ccc1Cl. The van der Waals surface area contributed by atoms with Gasteiger partial charge in [0.05, 0.1) is 18.5 Å². The van der Waals surface area contributed by atoms with Gasteiger partial charge in [-0.2, -0.15) is 5.26 Å². The summed E-state index contributed by atoms with van der Waals surface area (Å²) in [5.41, 5.74) is 9.58. The number of nitrogens with two attached hydrogens (primary N) is 1. The van der Waals surface area contributed by atoms with Gasteiger partial charge in [0.2, 0.25) is 5.91 Å². The fourth-order valence-corrected chi connectivity index (χ4v) is 5.79. The van der Waals surface area contributed by atoms with Crippen LogP contribution in [0.3, 0.4) is 0 Å². The Morgan fingerprint density at radius 1 is 1.19 bits per heavy atom. The monoisotopic (exact) mass is 506 g/mol. The topological polar surface area (TPSA) is 90.4 Å². The molecular formula is C29H35ClN4O2. The fourth-order valence-electron chi connectivity index (χ4n) is 5.67. The average molecular weight is 507 g/mol. The number of aryl methyl sites for hydroxylation is 3. The van der Waals surface area contributed by atoms with E-state index >= 15 is 0 Å². The highest BCUT2D eigenvalue weighted by atomic mass is 35.5. The molecule has 2 fully saturated rings. The van der Waals surface area contributed by atoms with E-state index in [1.54, 1.807) is 4.90 Å². The lowest BCUT2D eigenvalue weighted by Crippen LogP contribution is -2.50. The van der Waals surface area contributed by atoms with Crippen LogP contribution in [0.4, 0.5) is 0 Å². The number of carbonyl (C=O) groups excluding carboxylic acids is 2. The van der Waals surface area contributed by atoms with Crippen molar-refractivity contribution in [1.82, 2.24) is 9.80 Å². The molecule has 2 heterocycles. The first-order valence-electron chi connectivity index (χ1n) is 12.9. The van der Waals surface area contributed by atoms with Crippen molar-refractivity contribution >= 4 is 23.3 Å². The molecule has 4 atom stereocenters. The first-order chi connectivity index (χ1) is 17.4. The molecule has 4 rings (SSSR count). The predicted molar refractivity (Wildman–Crippen MR) is 142 cm³/mol. The Labute approximate surface area is 219 Å². The van der Waals surface area contributed by atoms with E-state index in [4.69, 9.17) is 17.3 Å². The van der Waals surface area contributed by atoms with Crippen LogP contribution in [0, 0.1) is 18.3 Å². The number of nitrogens with zero attached hydrogens (tertiary/aromatic N) is 3. The first-order valence-corrected chi connectivity index (χ1v) is 13.3. The zero-order chi connectivity index (χ0) is 25.7. The number of nitriles is 1. The second kappa shape index (κ2) is 12.0. The Hall–Kier alpha value is -2.72. The van der Waals surface area contributed by atoms with Crippen molar-refractivity contribution in [2.45, 2.75) is 76.0 Å². The summed E-state index contributed by atoms with van der Waals surface area (Å²) in [6.07, 6.45) is 4.07. The van der Waals surface area contributed by atoms with Gasteiger partial charge in [-0.3, -0.25) is 14.5 Å². The number of benzene rings is 2. The Kier molecular flexibility index (Phi) is 8.79. The molecule has 2 saturated heterocycles. The van der Waals surface area contributed by atoms with E-state index in [0.29, 0.717) is 31.0 Å². The maximum atomic E-state index is 13.7. The van der Waals surface area contributed by atoms with E-state index in [9.17, 15) is 14.9 Å². The van der Waals surface area contributed by atoms with Gasteiger partial charge < -0.3 is 10.6 Å². The molecule has 190 valence electrons. The van der Waals surface area contributed by atoms with E-state index in [0.717, 1.165) is 30.4 Å². The highest BCUT2D eigenvalue weighted by Crippen LogP contribution is 2.30. The van der Waals surface area contributed by atoms with Gasteiger partial charge in [0.15, 0.2) is 5.78 Å². The molecule has 0 radical (unpaired) electrons. The molecule has 0 bridgehead atoms. The number of rotatable bonds is 9. The highest BCUT2D eigenvalue weighted by molar-refractivity contribution is 6.31. The Morgan fingerprint density at radius 3 is 2.69 bits per heavy atom. The highest BCUT2D eigenvalue weighted by Gasteiger charge is 2.45. The smallest absolute Gasteiger partial charge is 0.240 e. The fraction of sp³-hybridized carbons (Fsp3) is 0.483. The summed E-state index contributed by atoms with van der Waals surface area (Å²) in [7, 11) is 0. The molecule has 1 amide bonds. The molecule has 2 aliphatic rings. The minimum absolute atomic E-state index is 0.0116. The largest absolute Gasteiger partial charge is 0.330 e. The zero-order valence-electron chi connectivity index (χ0n) is 20.9. The molecular weight excluding hydrogens is 472 g/mol. The second-order valence-electron chi connectivity index (χ2n) is 10.1. The van der Waals surface area contributed by atoms with Gasteiger partial charge in [-0.1, -0.05) is 54.1 Å². The van der Waals surface area contributed by atoms with Crippen molar-refractivity contribution in [3.05, 3.63) is 70.2 Å². The van der Waals surface area contributed by atoms with Gasteiger partial charge in [0, 0.05) is 36.6 Å². The van der Waals surface area contributed by atoms with E-state index in [1.165, 1.54) is 5.56 Å². The van der Waals surface area contributed by atoms with Gasteiger partial charge in [-0.25, -0.2) is 0 Å². The van der Waals surface area contributed by atoms with Crippen LogP contribution in [0.15, 0.2) is 48.5 Å². The number of ketones is 1. The zero-order valence-corrected chi connectivity index (χ0v) is 21.7. The number of amides is 1. The van der Waals surface area contributed by atoms with Gasteiger partial charge in [0.1, 0.15) is 6.04 Å². The average Bonchev–Trinajstić information content (AvgIpc) is 3.22. The van der Waals surface area contributed by atoms with Gasteiger partial charge in [-0.15, -0.1) is 0 Å². The van der Waals surface area contributed by atoms with Crippen molar-refractivity contribution < 1.29 is 9.59 Å². The summed E-state index contributed by atoms with van der Waals surface area (Å²) in [6.45, 7) is 3.11. The summed E-state index contributed by atoms with van der Waals surface area (Å²) in [4.78, 5) is 31.0. The quantitative estimate of drug-likeness (QED) is 0.553. The van der Waals surface area contributed by atoms with E-state index in [1.807, 2.05) is 43.3 Å². The van der Waals surface area contributed by atoms with Crippen LogP contribution in [0.25, 0.3) is 0 Å². The summed E-state index contributed by atoms with van der Waals surface area (Å²) in [6, 6.07) is 17.4. The van der Waals surface area contributed by atoms with Crippen molar-refractivity contribution in [3.63, 3.8) is 0 Å². The standard InChI is InChI=1S/C29H35ClN4O2/c1-20-17-22(8-11-25(20)30)9-12-28(35)26(13-15-31)33-16-14-24(10-7-21-5-3-2-4-6-21)34-19-23(32)18-27(34)29(33)36/h2-6,8,11,17,23-24,26-27H,7,9-10,12-14,16,18-19,32H2,1H3/t23-,24?,26-,27+/m1/s1. The van der Waals surface area contributed by atoms with E-state index < -0.39 is 6.04 Å². The van der Waals surface area contributed by atoms with Crippen LogP contribution < -0.4 is 5.73 Å². The lowest BCUT2D eigenvalue weighted by Gasteiger charge is -2.31. The third kappa shape index (κ3) is 6.15. The van der Waals surface area contributed by atoms with Gasteiger partial charge >= 0.3 is 0 Å². The Morgan fingerprint density at radius 2 is 1.97 bits per heavy atom. The second-order valence-corrected chi connectivity index (χ2v) is 10.5. The normalized spacial score (nSPS) is 23.1. The number of hydrogen-bond acceptors (Lipinski definition) is 5. The summed E-state index contributed by atoms with van der Waals surface area (Å²) >= 11 is 6.13. The molecule has 0 spiro atoms. The van der Waals surface area contributed by atoms with Crippen LogP contribution in [0.1, 0.15) is 48.8 Å². The van der Waals surface area contributed by atoms with Gasteiger partial charge in [-0.05, 0) is 61.8 Å². The molecule has 2 aromatic carbocycles. The Balaban J connectivity index is 1.48. The van der Waals surface area contributed by atoms with Crippen molar-refractivity contribution in [2.75, 3.05) is 13.1 Å². The molecule has 1 unspecified atom stereocenters. The molecule has 2 aliphatic heterocycles. The maximum Gasteiger partial charge on any atom is 0.240 e. The number of hydrogen-bond donors (Lipinski definition) is 1. The molecule has 0 aliphatic carbocycles. The molecule has 2 N–H and O–H groups in total. The molecule has 2 aromatic rings. The summed E-state index contributed by atoms with van der Waals surface area (Å²) in [5, 5.41) is 10.2. The van der Waals surface area contributed by atoms with Crippen molar-refractivity contribution in [3.8, 4) is 6.07 Å². The van der Waals surface area contributed by atoms with Crippen LogP contribution in [-0.2, 0) is 22.4 Å². The number of Topliss-reactive ketones (excluding diaryl/α,β-unsaturated/α-hetero) is 1. The third-order valence-corrected chi connectivity index (χ3v) is 8.06. The minimum Gasteiger partial charge on any atom is -0.330 e. The molecule has 7 heteroatoms. The van der Waals surface area contributed by atoms with Crippen LogP contribution in [-0.4, -0.2) is 58.7 Å².